The molecular formula is C17H17N3O. The average Bonchev–Trinajstić information content (AvgIpc) is 2.48. The predicted molar refractivity (Wildman–Crippen MR) is 85.4 cm³/mol. The molecule has 0 heterocycles. The van der Waals surface area contributed by atoms with Gasteiger partial charge in [0.25, 0.3) is 0 Å². The van der Waals surface area contributed by atoms with Gasteiger partial charge in [0.1, 0.15) is 5.69 Å². The monoisotopic (exact) mass is 279 g/mol. The van der Waals surface area contributed by atoms with Crippen molar-refractivity contribution in [2.45, 2.75) is 13.8 Å². The van der Waals surface area contributed by atoms with Gasteiger partial charge in [0.05, 0.1) is 11.4 Å². The Morgan fingerprint density at radius 3 is 2.38 bits per heavy atom. The summed E-state index contributed by atoms with van der Waals surface area (Å²) in [6.45, 7) is 7.41. The molecule has 4 nitrogen and oxygen atoms in total. The lowest BCUT2D eigenvalue weighted by Crippen LogP contribution is -2.07. The molecule has 0 spiro atoms. The summed E-state index contributed by atoms with van der Waals surface area (Å²) >= 11 is 0. The second kappa shape index (κ2) is 6.61. The first-order valence-corrected chi connectivity index (χ1v) is 6.61. The first-order chi connectivity index (χ1) is 10.1. The van der Waals surface area contributed by atoms with Crippen LogP contribution in [-0.2, 0) is 4.79 Å². The maximum absolute atomic E-state index is 11.5. The molecule has 0 aliphatic rings. The molecule has 0 unspecified atom stereocenters. The number of hydrogen-bond donors (Lipinski definition) is 1. The Hall–Kier alpha value is -2.75. The summed E-state index contributed by atoms with van der Waals surface area (Å²) in [4.78, 5) is 11.5. The van der Waals surface area contributed by atoms with Crippen molar-refractivity contribution in [3.05, 3.63) is 66.2 Å². The van der Waals surface area contributed by atoms with E-state index in [9.17, 15) is 4.79 Å². The molecular weight excluding hydrogens is 262 g/mol. The van der Waals surface area contributed by atoms with Crippen LogP contribution in [-0.4, -0.2) is 5.91 Å². The van der Waals surface area contributed by atoms with Gasteiger partial charge in [-0.25, -0.2) is 0 Å². The number of rotatable bonds is 4. The zero-order chi connectivity index (χ0) is 15.2. The summed E-state index contributed by atoms with van der Waals surface area (Å²) in [7, 11) is 0. The highest BCUT2D eigenvalue weighted by molar-refractivity contribution is 6.00. The van der Waals surface area contributed by atoms with Crippen LogP contribution in [0.3, 0.4) is 0 Å². The molecule has 2 rings (SSSR count). The van der Waals surface area contributed by atoms with Crippen LogP contribution < -0.4 is 5.32 Å². The van der Waals surface area contributed by atoms with Gasteiger partial charge in [0, 0.05) is 0 Å². The standard InChI is InChI=1S/C17H17N3O/c1-4-17(21)18-16-11-13(3)7-10-15(16)20-19-14-8-5-12(2)6-9-14/h4-11H,1H2,2-3H3,(H,18,21). The minimum absolute atomic E-state index is 0.271. The molecule has 0 saturated carbocycles. The number of amides is 1. The van der Waals surface area contributed by atoms with Gasteiger partial charge in [-0.15, -0.1) is 5.11 Å². The van der Waals surface area contributed by atoms with Crippen LogP contribution in [0.2, 0.25) is 0 Å². The number of benzene rings is 2. The molecule has 1 amide bonds. The summed E-state index contributed by atoms with van der Waals surface area (Å²) in [5.74, 6) is -0.271. The predicted octanol–water partition coefficient (Wildman–Crippen LogP) is 4.84. The fourth-order valence-electron chi connectivity index (χ4n) is 1.74. The van der Waals surface area contributed by atoms with E-state index >= 15 is 0 Å². The van der Waals surface area contributed by atoms with Crippen molar-refractivity contribution in [3.63, 3.8) is 0 Å². The summed E-state index contributed by atoms with van der Waals surface area (Å²) < 4.78 is 0. The molecule has 2 aromatic rings. The number of aryl methyl sites for hydroxylation is 2. The third kappa shape index (κ3) is 4.11. The molecule has 0 aromatic heterocycles. The number of anilines is 1. The van der Waals surface area contributed by atoms with E-state index in [4.69, 9.17) is 0 Å². The Bertz CT molecular complexity index is 688. The molecule has 0 atom stereocenters. The Morgan fingerprint density at radius 2 is 1.71 bits per heavy atom. The second-order valence-electron chi connectivity index (χ2n) is 4.75. The Labute approximate surface area is 124 Å². The van der Waals surface area contributed by atoms with E-state index in [1.807, 2.05) is 56.3 Å². The van der Waals surface area contributed by atoms with Crippen LogP contribution in [0.15, 0.2) is 65.3 Å². The molecule has 0 aliphatic heterocycles. The summed E-state index contributed by atoms with van der Waals surface area (Å²) in [6, 6.07) is 13.3. The van der Waals surface area contributed by atoms with E-state index in [0.29, 0.717) is 11.4 Å². The highest BCUT2D eigenvalue weighted by Crippen LogP contribution is 2.28. The zero-order valence-electron chi connectivity index (χ0n) is 12.1. The van der Waals surface area contributed by atoms with E-state index in [2.05, 4.69) is 22.1 Å². The molecule has 21 heavy (non-hydrogen) atoms. The van der Waals surface area contributed by atoms with Crippen molar-refractivity contribution in [3.8, 4) is 0 Å². The molecule has 0 saturated heterocycles. The van der Waals surface area contributed by atoms with Gasteiger partial charge in [-0.05, 0) is 49.8 Å². The van der Waals surface area contributed by atoms with Crippen LogP contribution in [0.4, 0.5) is 17.1 Å². The van der Waals surface area contributed by atoms with Crippen LogP contribution in [0.1, 0.15) is 11.1 Å². The van der Waals surface area contributed by atoms with Gasteiger partial charge in [0.15, 0.2) is 0 Å². The molecule has 0 bridgehead atoms. The van der Waals surface area contributed by atoms with Gasteiger partial charge in [-0.3, -0.25) is 4.79 Å². The van der Waals surface area contributed by atoms with Crippen molar-refractivity contribution in [2.24, 2.45) is 10.2 Å². The van der Waals surface area contributed by atoms with E-state index < -0.39 is 0 Å². The van der Waals surface area contributed by atoms with Crippen molar-refractivity contribution in [1.82, 2.24) is 0 Å². The van der Waals surface area contributed by atoms with Crippen LogP contribution in [0.5, 0.6) is 0 Å². The minimum Gasteiger partial charge on any atom is -0.321 e. The number of carbonyl (C=O) groups is 1. The topological polar surface area (TPSA) is 53.8 Å². The highest BCUT2D eigenvalue weighted by atomic mass is 16.1. The number of hydrogen-bond acceptors (Lipinski definition) is 3. The van der Waals surface area contributed by atoms with Crippen molar-refractivity contribution < 1.29 is 4.79 Å². The van der Waals surface area contributed by atoms with E-state index in [1.54, 1.807) is 0 Å². The van der Waals surface area contributed by atoms with Crippen molar-refractivity contribution in [2.75, 3.05) is 5.32 Å². The number of nitrogens with one attached hydrogen (secondary N) is 1. The third-order valence-corrected chi connectivity index (χ3v) is 2.90. The summed E-state index contributed by atoms with van der Waals surface area (Å²) in [6.07, 6.45) is 1.23. The Kier molecular flexibility index (Phi) is 4.61. The number of azo groups is 1. The molecule has 2 aromatic carbocycles. The highest BCUT2D eigenvalue weighted by Gasteiger charge is 2.04. The van der Waals surface area contributed by atoms with E-state index in [1.165, 1.54) is 11.6 Å². The van der Waals surface area contributed by atoms with Crippen molar-refractivity contribution >= 4 is 23.0 Å². The first kappa shape index (κ1) is 14.7. The second-order valence-corrected chi connectivity index (χ2v) is 4.75. The first-order valence-electron chi connectivity index (χ1n) is 6.61. The molecule has 106 valence electrons. The maximum atomic E-state index is 11.5. The zero-order valence-corrected chi connectivity index (χ0v) is 12.1. The van der Waals surface area contributed by atoms with Gasteiger partial charge < -0.3 is 5.32 Å². The lowest BCUT2D eigenvalue weighted by atomic mass is 10.2. The van der Waals surface area contributed by atoms with E-state index in [-0.39, 0.29) is 5.91 Å². The lowest BCUT2D eigenvalue weighted by Gasteiger charge is -2.06. The van der Waals surface area contributed by atoms with Crippen LogP contribution in [0, 0.1) is 13.8 Å². The largest absolute Gasteiger partial charge is 0.321 e. The normalized spacial score (nSPS) is 10.6. The Balaban J connectivity index is 2.28. The van der Waals surface area contributed by atoms with Crippen LogP contribution >= 0.6 is 0 Å². The fourth-order valence-corrected chi connectivity index (χ4v) is 1.74. The molecule has 0 radical (unpaired) electrons. The van der Waals surface area contributed by atoms with Gasteiger partial charge in [-0.2, -0.15) is 5.11 Å². The lowest BCUT2D eigenvalue weighted by molar-refractivity contribution is -0.111. The van der Waals surface area contributed by atoms with Gasteiger partial charge in [-0.1, -0.05) is 30.3 Å². The number of nitrogens with zero attached hydrogens (tertiary/aromatic N) is 2. The molecule has 4 heteroatoms. The van der Waals surface area contributed by atoms with Crippen molar-refractivity contribution in [1.29, 1.82) is 0 Å². The third-order valence-electron chi connectivity index (χ3n) is 2.90. The SMILES string of the molecule is C=CC(=O)Nc1cc(C)ccc1N=Nc1ccc(C)cc1. The fraction of sp³-hybridized carbons (Fsp3) is 0.118. The quantitative estimate of drug-likeness (QED) is 0.631. The number of carbonyl (C=O) groups excluding carboxylic acids is 1. The van der Waals surface area contributed by atoms with Crippen LogP contribution in [0.25, 0.3) is 0 Å². The van der Waals surface area contributed by atoms with Gasteiger partial charge in [0.2, 0.25) is 5.91 Å². The maximum Gasteiger partial charge on any atom is 0.247 e. The molecule has 0 aliphatic carbocycles. The average molecular weight is 279 g/mol. The van der Waals surface area contributed by atoms with Gasteiger partial charge >= 0.3 is 0 Å². The van der Waals surface area contributed by atoms with E-state index in [0.717, 1.165) is 11.3 Å². The minimum atomic E-state index is -0.271. The smallest absolute Gasteiger partial charge is 0.247 e. The molecule has 0 fully saturated rings. The molecule has 1 N–H and O–H groups in total. The summed E-state index contributed by atoms with van der Waals surface area (Å²) in [5, 5.41) is 11.1. The Morgan fingerprint density at radius 1 is 1.05 bits per heavy atom. The summed E-state index contributed by atoms with van der Waals surface area (Å²) in [5.41, 5.74) is 4.20.